The van der Waals surface area contributed by atoms with E-state index >= 15 is 0 Å². The first-order chi connectivity index (χ1) is 11.1. The second-order valence-corrected chi connectivity index (χ2v) is 7.54. The lowest BCUT2D eigenvalue weighted by Gasteiger charge is -2.25. The van der Waals surface area contributed by atoms with Gasteiger partial charge in [0.25, 0.3) is 15.6 Å². The SMILES string of the molecule is CN(C)c1ccccc1N(C)S(=O)(=O)c1cn(C)c(=O)n(C)c1=O. The van der Waals surface area contributed by atoms with Crippen molar-refractivity contribution in [3.8, 4) is 0 Å². The Kier molecular flexibility index (Phi) is 4.57. The standard InChI is InChI=1S/C15H20N4O4S/c1-16(2)11-8-6-7-9-12(11)19(5)24(22,23)13-10-17(3)15(21)18(4)14(13)20/h6-10H,1-5H3. The van der Waals surface area contributed by atoms with E-state index in [4.69, 9.17) is 0 Å². The zero-order valence-corrected chi connectivity index (χ0v) is 15.0. The predicted molar refractivity (Wildman–Crippen MR) is 93.3 cm³/mol. The summed E-state index contributed by atoms with van der Waals surface area (Å²) in [7, 11) is 3.49. The van der Waals surface area contributed by atoms with E-state index < -0.39 is 26.2 Å². The number of para-hydroxylation sites is 2. The topological polar surface area (TPSA) is 84.6 Å². The number of anilines is 2. The molecule has 0 amide bonds. The smallest absolute Gasteiger partial charge is 0.330 e. The van der Waals surface area contributed by atoms with Crippen molar-refractivity contribution in [2.24, 2.45) is 14.1 Å². The van der Waals surface area contributed by atoms with Crippen molar-refractivity contribution in [1.82, 2.24) is 9.13 Å². The Morgan fingerprint density at radius 2 is 1.50 bits per heavy atom. The Morgan fingerprint density at radius 1 is 0.958 bits per heavy atom. The first-order valence-corrected chi connectivity index (χ1v) is 8.55. The zero-order chi connectivity index (χ0) is 18.2. The minimum Gasteiger partial charge on any atom is -0.376 e. The molecule has 2 aromatic rings. The third-order valence-electron chi connectivity index (χ3n) is 3.76. The van der Waals surface area contributed by atoms with Gasteiger partial charge in [0.2, 0.25) is 0 Å². The summed E-state index contributed by atoms with van der Waals surface area (Å²) in [6.45, 7) is 0. The van der Waals surface area contributed by atoms with E-state index in [1.165, 1.54) is 21.1 Å². The fraction of sp³-hybridized carbons (Fsp3) is 0.333. The summed E-state index contributed by atoms with van der Waals surface area (Å²) >= 11 is 0. The molecule has 0 aliphatic carbocycles. The highest BCUT2D eigenvalue weighted by molar-refractivity contribution is 7.92. The normalized spacial score (nSPS) is 11.4. The second-order valence-electron chi connectivity index (χ2n) is 5.61. The molecule has 0 fully saturated rings. The molecule has 0 saturated carbocycles. The monoisotopic (exact) mass is 352 g/mol. The molecule has 9 heteroatoms. The van der Waals surface area contributed by atoms with E-state index in [0.717, 1.165) is 19.6 Å². The van der Waals surface area contributed by atoms with E-state index in [-0.39, 0.29) is 0 Å². The molecule has 0 unspecified atom stereocenters. The molecule has 0 aliphatic heterocycles. The molecule has 0 aliphatic rings. The van der Waals surface area contributed by atoms with Crippen LogP contribution in [-0.2, 0) is 24.1 Å². The van der Waals surface area contributed by atoms with Gasteiger partial charge in [0, 0.05) is 41.4 Å². The Hall–Kier alpha value is -2.55. The number of rotatable bonds is 4. The lowest BCUT2D eigenvalue weighted by molar-refractivity contribution is 0.583. The number of sulfonamides is 1. The lowest BCUT2D eigenvalue weighted by atomic mass is 10.2. The third-order valence-corrected chi connectivity index (χ3v) is 5.51. The lowest BCUT2D eigenvalue weighted by Crippen LogP contribution is -2.42. The van der Waals surface area contributed by atoms with Crippen LogP contribution in [0, 0.1) is 0 Å². The molecule has 1 aromatic heterocycles. The average Bonchev–Trinajstić information content (AvgIpc) is 2.55. The number of hydrogen-bond donors (Lipinski definition) is 0. The maximum Gasteiger partial charge on any atom is 0.330 e. The first kappa shape index (κ1) is 17.8. The van der Waals surface area contributed by atoms with Crippen LogP contribution in [0.2, 0.25) is 0 Å². The number of aryl methyl sites for hydroxylation is 1. The van der Waals surface area contributed by atoms with Gasteiger partial charge in [0.1, 0.15) is 0 Å². The van der Waals surface area contributed by atoms with Crippen LogP contribution in [0.5, 0.6) is 0 Å². The van der Waals surface area contributed by atoms with Crippen LogP contribution in [0.3, 0.4) is 0 Å². The van der Waals surface area contributed by atoms with Crippen LogP contribution >= 0.6 is 0 Å². The molecule has 0 saturated heterocycles. The van der Waals surface area contributed by atoms with Crippen molar-refractivity contribution in [2.75, 3.05) is 30.3 Å². The second kappa shape index (κ2) is 6.16. The van der Waals surface area contributed by atoms with Gasteiger partial charge in [-0.2, -0.15) is 0 Å². The maximum atomic E-state index is 12.9. The van der Waals surface area contributed by atoms with Gasteiger partial charge in [0.15, 0.2) is 4.90 Å². The number of hydrogen-bond acceptors (Lipinski definition) is 5. The van der Waals surface area contributed by atoms with Gasteiger partial charge in [-0.25, -0.2) is 13.2 Å². The number of nitrogens with zero attached hydrogens (tertiary/aromatic N) is 4. The van der Waals surface area contributed by atoms with Gasteiger partial charge in [-0.1, -0.05) is 12.1 Å². The Balaban J connectivity index is 2.69. The summed E-state index contributed by atoms with van der Waals surface area (Å²) in [4.78, 5) is 25.4. The Morgan fingerprint density at radius 3 is 2.04 bits per heavy atom. The van der Waals surface area contributed by atoms with Crippen molar-refractivity contribution < 1.29 is 8.42 Å². The summed E-state index contributed by atoms with van der Waals surface area (Å²) in [6.07, 6.45) is 1.05. The van der Waals surface area contributed by atoms with Crippen molar-refractivity contribution in [1.29, 1.82) is 0 Å². The van der Waals surface area contributed by atoms with E-state index in [1.54, 1.807) is 43.3 Å². The molecule has 1 heterocycles. The van der Waals surface area contributed by atoms with E-state index in [0.29, 0.717) is 11.4 Å². The van der Waals surface area contributed by atoms with Gasteiger partial charge in [-0.15, -0.1) is 0 Å². The van der Waals surface area contributed by atoms with Gasteiger partial charge < -0.3 is 9.47 Å². The molecule has 0 spiro atoms. The van der Waals surface area contributed by atoms with Crippen LogP contribution in [0.25, 0.3) is 0 Å². The molecule has 0 bridgehead atoms. The van der Waals surface area contributed by atoms with E-state index in [9.17, 15) is 18.0 Å². The molecule has 0 atom stereocenters. The molecule has 0 N–H and O–H groups in total. The highest BCUT2D eigenvalue weighted by Crippen LogP contribution is 2.29. The fourth-order valence-electron chi connectivity index (χ4n) is 2.34. The minimum atomic E-state index is -4.13. The molecule has 24 heavy (non-hydrogen) atoms. The minimum absolute atomic E-state index is 0.429. The van der Waals surface area contributed by atoms with Gasteiger partial charge >= 0.3 is 5.69 Å². The molecule has 1 aromatic carbocycles. The molecular formula is C15H20N4O4S. The third kappa shape index (κ3) is 2.82. The van der Waals surface area contributed by atoms with Crippen molar-refractivity contribution in [3.05, 3.63) is 51.3 Å². The van der Waals surface area contributed by atoms with Gasteiger partial charge in [0.05, 0.1) is 11.4 Å². The molecule has 0 radical (unpaired) electrons. The van der Waals surface area contributed by atoms with Crippen LogP contribution in [0.15, 0.2) is 44.9 Å². The predicted octanol–water partition coefficient (Wildman–Crippen LogP) is -0.0249. The average molecular weight is 352 g/mol. The number of aromatic nitrogens is 2. The number of benzene rings is 1. The van der Waals surface area contributed by atoms with Gasteiger partial charge in [-0.3, -0.25) is 13.7 Å². The summed E-state index contributed by atoms with van der Waals surface area (Å²) < 4.78 is 28.7. The van der Waals surface area contributed by atoms with Gasteiger partial charge in [-0.05, 0) is 12.1 Å². The first-order valence-electron chi connectivity index (χ1n) is 7.11. The van der Waals surface area contributed by atoms with Crippen LogP contribution in [-0.4, -0.2) is 38.7 Å². The van der Waals surface area contributed by atoms with Crippen molar-refractivity contribution in [3.63, 3.8) is 0 Å². The Labute approximate surface area is 140 Å². The fourth-order valence-corrected chi connectivity index (χ4v) is 3.69. The summed E-state index contributed by atoms with van der Waals surface area (Å²) in [5.74, 6) is 0. The highest BCUT2D eigenvalue weighted by atomic mass is 32.2. The molecular weight excluding hydrogens is 332 g/mol. The summed E-state index contributed by atoms with van der Waals surface area (Å²) in [5.41, 5.74) is -0.328. The van der Waals surface area contributed by atoms with Crippen LogP contribution < -0.4 is 20.5 Å². The largest absolute Gasteiger partial charge is 0.376 e. The van der Waals surface area contributed by atoms with Crippen LogP contribution in [0.1, 0.15) is 0 Å². The Bertz CT molecular complexity index is 989. The molecule has 2 rings (SSSR count). The van der Waals surface area contributed by atoms with Crippen molar-refractivity contribution >= 4 is 21.4 Å². The van der Waals surface area contributed by atoms with E-state index in [2.05, 4.69) is 0 Å². The highest BCUT2D eigenvalue weighted by Gasteiger charge is 2.28. The zero-order valence-electron chi connectivity index (χ0n) is 14.2. The van der Waals surface area contributed by atoms with Crippen LogP contribution in [0.4, 0.5) is 11.4 Å². The quantitative estimate of drug-likeness (QED) is 0.772. The summed E-state index contributed by atoms with van der Waals surface area (Å²) in [5, 5.41) is 0. The molecule has 8 nitrogen and oxygen atoms in total. The molecule has 130 valence electrons. The van der Waals surface area contributed by atoms with E-state index in [1.807, 2.05) is 0 Å². The maximum absolute atomic E-state index is 12.9. The van der Waals surface area contributed by atoms with Crippen molar-refractivity contribution in [2.45, 2.75) is 4.90 Å². The summed E-state index contributed by atoms with van der Waals surface area (Å²) in [6, 6.07) is 6.94.